The Hall–Kier alpha value is 0.110. The molecule has 2 nitrogen and oxygen atoms in total. The van der Waals surface area contributed by atoms with Gasteiger partial charge in [-0.05, 0) is 26.0 Å². The van der Waals surface area contributed by atoms with Gasteiger partial charge in [-0.1, -0.05) is 0 Å². The zero-order valence-electron chi connectivity index (χ0n) is 8.12. The van der Waals surface area contributed by atoms with Crippen molar-refractivity contribution in [1.29, 1.82) is 0 Å². The summed E-state index contributed by atoms with van der Waals surface area (Å²) in [6.45, 7) is 2.82. The van der Waals surface area contributed by atoms with Gasteiger partial charge >= 0.3 is 0 Å². The summed E-state index contributed by atoms with van der Waals surface area (Å²) in [4.78, 5) is 13.5. The van der Waals surface area contributed by atoms with Gasteiger partial charge in [0.2, 0.25) is 5.91 Å². The maximum absolute atomic E-state index is 11.6. The number of carbonyl (C=O) groups excluding carboxylic acids is 1. The van der Waals surface area contributed by atoms with E-state index in [1.165, 1.54) is 0 Å². The van der Waals surface area contributed by atoms with E-state index in [0.29, 0.717) is 11.8 Å². The first-order valence-corrected chi connectivity index (χ1v) is 6.40. The van der Waals surface area contributed by atoms with Crippen molar-refractivity contribution in [3.05, 3.63) is 0 Å². The minimum absolute atomic E-state index is 0.155. The van der Waals surface area contributed by atoms with Crippen LogP contribution >= 0.6 is 23.4 Å². The third-order valence-electron chi connectivity index (χ3n) is 2.41. The Labute approximate surface area is 89.0 Å². The molecule has 1 fully saturated rings. The van der Waals surface area contributed by atoms with Crippen molar-refractivity contribution in [2.24, 2.45) is 0 Å². The van der Waals surface area contributed by atoms with Crippen molar-refractivity contribution >= 4 is 29.3 Å². The van der Waals surface area contributed by atoms with E-state index in [-0.39, 0.29) is 11.3 Å². The molecule has 2 atom stereocenters. The Morgan fingerprint density at radius 1 is 1.62 bits per heavy atom. The van der Waals surface area contributed by atoms with Crippen molar-refractivity contribution in [3.8, 4) is 0 Å². The summed E-state index contributed by atoms with van der Waals surface area (Å²) in [7, 11) is 0. The highest BCUT2D eigenvalue weighted by Gasteiger charge is 2.27. The largest absolute Gasteiger partial charge is 0.338 e. The Balaban J connectivity index is 2.50. The molecule has 1 heterocycles. The highest BCUT2D eigenvalue weighted by atomic mass is 35.5. The SMILES string of the molecule is CSCC(=O)N1CC(Cl)CCC1C. The molecule has 0 spiro atoms. The molecule has 1 saturated heterocycles. The number of piperidine rings is 1. The van der Waals surface area contributed by atoms with Crippen LogP contribution in [0.25, 0.3) is 0 Å². The fraction of sp³-hybridized carbons (Fsp3) is 0.889. The summed E-state index contributed by atoms with van der Waals surface area (Å²) in [6, 6.07) is 0.370. The molecule has 0 aromatic rings. The Kier molecular flexibility index (Phi) is 4.39. The van der Waals surface area contributed by atoms with Gasteiger partial charge < -0.3 is 4.90 Å². The van der Waals surface area contributed by atoms with Gasteiger partial charge in [0.05, 0.1) is 11.1 Å². The number of alkyl halides is 1. The minimum Gasteiger partial charge on any atom is -0.338 e. The average molecular weight is 222 g/mol. The van der Waals surface area contributed by atoms with Crippen LogP contribution in [-0.2, 0) is 4.79 Å². The number of nitrogens with zero attached hydrogens (tertiary/aromatic N) is 1. The number of thioether (sulfide) groups is 1. The number of carbonyl (C=O) groups is 1. The average Bonchev–Trinajstić information content (AvgIpc) is 2.09. The van der Waals surface area contributed by atoms with Gasteiger partial charge in [-0.2, -0.15) is 11.8 Å². The molecule has 2 unspecified atom stereocenters. The van der Waals surface area contributed by atoms with Crippen LogP contribution in [0, 0.1) is 0 Å². The van der Waals surface area contributed by atoms with Crippen molar-refractivity contribution < 1.29 is 4.79 Å². The van der Waals surface area contributed by atoms with E-state index >= 15 is 0 Å². The van der Waals surface area contributed by atoms with Crippen LogP contribution in [0.1, 0.15) is 19.8 Å². The molecule has 0 aromatic heterocycles. The third-order valence-corrected chi connectivity index (χ3v) is 3.30. The topological polar surface area (TPSA) is 20.3 Å². The second-order valence-corrected chi connectivity index (χ2v) is 4.99. The Morgan fingerprint density at radius 3 is 2.92 bits per heavy atom. The molecule has 0 aromatic carbocycles. The van der Waals surface area contributed by atoms with E-state index in [2.05, 4.69) is 6.92 Å². The number of amides is 1. The third kappa shape index (κ3) is 3.06. The van der Waals surface area contributed by atoms with Crippen LogP contribution in [0.4, 0.5) is 0 Å². The Morgan fingerprint density at radius 2 is 2.31 bits per heavy atom. The maximum Gasteiger partial charge on any atom is 0.232 e. The standard InChI is InChI=1S/C9H16ClNOS/c1-7-3-4-8(10)5-11(7)9(12)6-13-2/h7-8H,3-6H2,1-2H3. The van der Waals surface area contributed by atoms with Gasteiger partial charge in [0, 0.05) is 12.6 Å². The van der Waals surface area contributed by atoms with Gasteiger partial charge in [0.1, 0.15) is 0 Å². The first-order chi connectivity index (χ1) is 6.15. The predicted molar refractivity (Wildman–Crippen MR) is 58.4 cm³/mol. The van der Waals surface area contributed by atoms with E-state index in [1.54, 1.807) is 11.8 Å². The molecule has 0 bridgehead atoms. The van der Waals surface area contributed by atoms with E-state index < -0.39 is 0 Å². The van der Waals surface area contributed by atoms with E-state index in [1.807, 2.05) is 11.2 Å². The van der Waals surface area contributed by atoms with E-state index in [4.69, 9.17) is 11.6 Å². The summed E-state index contributed by atoms with van der Waals surface area (Å²) in [5.74, 6) is 0.805. The van der Waals surface area contributed by atoms with Crippen LogP contribution in [0.2, 0.25) is 0 Å². The minimum atomic E-state index is 0.155. The fourth-order valence-electron chi connectivity index (χ4n) is 1.62. The lowest BCUT2D eigenvalue weighted by atomic mass is 10.0. The summed E-state index contributed by atoms with van der Waals surface area (Å²) >= 11 is 7.59. The normalized spacial score (nSPS) is 29.0. The summed E-state index contributed by atoms with van der Waals surface area (Å²) in [5.41, 5.74) is 0. The summed E-state index contributed by atoms with van der Waals surface area (Å²) in [5, 5.41) is 0.155. The molecule has 1 rings (SSSR count). The zero-order valence-corrected chi connectivity index (χ0v) is 9.70. The molecule has 0 saturated carbocycles. The molecule has 1 aliphatic rings. The van der Waals surface area contributed by atoms with Crippen molar-refractivity contribution in [2.45, 2.75) is 31.2 Å². The van der Waals surface area contributed by atoms with Crippen LogP contribution in [0.5, 0.6) is 0 Å². The molecule has 0 radical (unpaired) electrons. The smallest absolute Gasteiger partial charge is 0.232 e. The molecule has 0 N–H and O–H groups in total. The number of halogens is 1. The van der Waals surface area contributed by atoms with Crippen molar-refractivity contribution in [3.63, 3.8) is 0 Å². The Bertz CT molecular complexity index is 188. The van der Waals surface area contributed by atoms with E-state index in [0.717, 1.165) is 19.4 Å². The van der Waals surface area contributed by atoms with Gasteiger partial charge in [-0.15, -0.1) is 11.6 Å². The lowest BCUT2D eigenvalue weighted by Gasteiger charge is -2.35. The predicted octanol–water partition coefficient (Wildman–Crippen LogP) is 1.97. The molecule has 4 heteroatoms. The summed E-state index contributed by atoms with van der Waals surface area (Å²) < 4.78 is 0. The number of hydrogen-bond acceptors (Lipinski definition) is 2. The molecule has 1 amide bonds. The van der Waals surface area contributed by atoms with Gasteiger partial charge in [-0.25, -0.2) is 0 Å². The number of hydrogen-bond donors (Lipinski definition) is 0. The highest BCUT2D eigenvalue weighted by molar-refractivity contribution is 7.99. The second kappa shape index (κ2) is 5.11. The lowest BCUT2D eigenvalue weighted by molar-refractivity contribution is -0.131. The first kappa shape index (κ1) is 11.2. The number of likely N-dealkylation sites (tertiary alicyclic amines) is 1. The monoisotopic (exact) mass is 221 g/mol. The van der Waals surface area contributed by atoms with Crippen LogP contribution in [0.3, 0.4) is 0 Å². The fourth-order valence-corrected chi connectivity index (χ4v) is 2.30. The molecule has 13 heavy (non-hydrogen) atoms. The molecule has 76 valence electrons. The van der Waals surface area contributed by atoms with Crippen LogP contribution in [0.15, 0.2) is 0 Å². The summed E-state index contributed by atoms with van der Waals surface area (Å²) in [6.07, 6.45) is 4.02. The zero-order chi connectivity index (χ0) is 9.84. The van der Waals surface area contributed by atoms with Crippen molar-refractivity contribution in [2.75, 3.05) is 18.6 Å². The van der Waals surface area contributed by atoms with Gasteiger partial charge in [0.15, 0.2) is 0 Å². The van der Waals surface area contributed by atoms with Gasteiger partial charge in [0.25, 0.3) is 0 Å². The second-order valence-electron chi connectivity index (χ2n) is 3.50. The highest BCUT2D eigenvalue weighted by Crippen LogP contribution is 2.21. The molecular formula is C9H16ClNOS. The lowest BCUT2D eigenvalue weighted by Crippen LogP contribution is -2.46. The van der Waals surface area contributed by atoms with Crippen LogP contribution in [-0.4, -0.2) is 40.8 Å². The maximum atomic E-state index is 11.6. The number of rotatable bonds is 2. The van der Waals surface area contributed by atoms with Gasteiger partial charge in [-0.3, -0.25) is 4.79 Å². The van der Waals surface area contributed by atoms with E-state index in [9.17, 15) is 4.79 Å². The first-order valence-electron chi connectivity index (χ1n) is 4.57. The molecular weight excluding hydrogens is 206 g/mol. The van der Waals surface area contributed by atoms with Crippen molar-refractivity contribution in [1.82, 2.24) is 4.90 Å². The molecule has 1 aliphatic heterocycles. The quantitative estimate of drug-likeness (QED) is 0.665. The molecule has 0 aliphatic carbocycles. The van der Waals surface area contributed by atoms with Crippen LogP contribution < -0.4 is 0 Å².